The maximum Gasteiger partial charge on any atom is 0.416 e. The number of pyridine rings is 1. The number of carbonyl (C=O) groups is 1. The summed E-state index contributed by atoms with van der Waals surface area (Å²) in [4.78, 5) is 18.2. The number of rotatable bonds is 4. The van der Waals surface area contributed by atoms with Crippen molar-refractivity contribution < 1.29 is 18.0 Å². The zero-order chi connectivity index (χ0) is 19.4. The Hall–Kier alpha value is -3.35. The Morgan fingerprint density at radius 1 is 0.963 bits per heavy atom. The van der Waals surface area contributed by atoms with Gasteiger partial charge in [0.2, 0.25) is 0 Å². The largest absolute Gasteiger partial charge is 0.416 e. The zero-order valence-electron chi connectivity index (χ0n) is 14.4. The molecular formula is C20H16F3N3O. The quantitative estimate of drug-likeness (QED) is 0.692. The summed E-state index contributed by atoms with van der Waals surface area (Å²) in [5.74, 6) is -0.246. The summed E-state index contributed by atoms with van der Waals surface area (Å²) < 4.78 is 37.9. The molecule has 0 spiro atoms. The van der Waals surface area contributed by atoms with Gasteiger partial charge in [-0.15, -0.1) is 0 Å². The second kappa shape index (κ2) is 7.49. The summed E-state index contributed by atoms with van der Waals surface area (Å²) in [6.07, 6.45) is -1.44. The van der Waals surface area contributed by atoms with Crippen LogP contribution in [0.5, 0.6) is 0 Å². The van der Waals surface area contributed by atoms with Crippen LogP contribution in [0, 0.1) is 0 Å². The van der Waals surface area contributed by atoms with Gasteiger partial charge in [0, 0.05) is 24.6 Å². The van der Waals surface area contributed by atoms with Gasteiger partial charge in [-0.1, -0.05) is 18.2 Å². The van der Waals surface area contributed by atoms with Crippen LogP contribution in [0.4, 0.5) is 30.2 Å². The van der Waals surface area contributed by atoms with E-state index >= 15 is 0 Å². The molecule has 0 aliphatic carbocycles. The minimum absolute atomic E-state index is 0.246. The second-order valence-corrected chi connectivity index (χ2v) is 5.86. The van der Waals surface area contributed by atoms with Crippen LogP contribution in [0.25, 0.3) is 0 Å². The molecule has 138 valence electrons. The summed E-state index contributed by atoms with van der Waals surface area (Å²) in [6, 6.07) is 15.4. The average Bonchev–Trinajstić information content (AvgIpc) is 2.67. The molecule has 7 heteroatoms. The van der Waals surface area contributed by atoms with Crippen LogP contribution >= 0.6 is 0 Å². The Morgan fingerprint density at radius 2 is 1.63 bits per heavy atom. The van der Waals surface area contributed by atoms with Gasteiger partial charge < -0.3 is 10.2 Å². The highest BCUT2D eigenvalue weighted by Crippen LogP contribution is 2.30. The summed E-state index contributed by atoms with van der Waals surface area (Å²) in [7, 11) is 1.66. The Morgan fingerprint density at radius 3 is 2.26 bits per heavy atom. The number of benzene rings is 2. The lowest BCUT2D eigenvalue weighted by molar-refractivity contribution is -0.137. The van der Waals surface area contributed by atoms with Gasteiger partial charge in [-0.25, -0.2) is 0 Å². The van der Waals surface area contributed by atoms with E-state index in [-0.39, 0.29) is 5.91 Å². The molecule has 0 saturated carbocycles. The molecule has 1 aromatic heterocycles. The maximum absolute atomic E-state index is 12.6. The number of hydrogen-bond donors (Lipinski definition) is 1. The minimum Gasteiger partial charge on any atom is -0.354 e. The number of nitrogens with zero attached hydrogens (tertiary/aromatic N) is 2. The topological polar surface area (TPSA) is 45.2 Å². The molecular weight excluding hydrogens is 355 g/mol. The SMILES string of the molecule is CN(C(=O)c1cncc(Nc2ccc(C(F)(F)F)cc2)c1)c1ccccc1. The predicted octanol–water partition coefficient (Wildman–Crippen LogP) is 5.12. The van der Waals surface area contributed by atoms with Gasteiger partial charge in [-0.3, -0.25) is 9.78 Å². The van der Waals surface area contributed by atoms with E-state index in [9.17, 15) is 18.0 Å². The molecule has 0 unspecified atom stereocenters. The minimum atomic E-state index is -4.38. The number of aromatic nitrogens is 1. The zero-order valence-corrected chi connectivity index (χ0v) is 14.4. The van der Waals surface area contributed by atoms with E-state index in [4.69, 9.17) is 0 Å². The number of nitrogens with one attached hydrogen (secondary N) is 1. The average molecular weight is 371 g/mol. The fourth-order valence-electron chi connectivity index (χ4n) is 2.50. The van der Waals surface area contributed by atoms with Crippen molar-refractivity contribution in [2.75, 3.05) is 17.3 Å². The van der Waals surface area contributed by atoms with Crippen LogP contribution in [0.15, 0.2) is 73.1 Å². The molecule has 0 atom stereocenters. The van der Waals surface area contributed by atoms with Gasteiger partial charge in [0.1, 0.15) is 0 Å². The van der Waals surface area contributed by atoms with Crippen LogP contribution in [0.3, 0.4) is 0 Å². The lowest BCUT2D eigenvalue weighted by atomic mass is 10.2. The van der Waals surface area contributed by atoms with Crippen molar-refractivity contribution in [3.05, 3.63) is 84.2 Å². The van der Waals surface area contributed by atoms with E-state index in [0.29, 0.717) is 16.9 Å². The summed E-state index contributed by atoms with van der Waals surface area (Å²) in [6.45, 7) is 0. The Labute approximate surface area is 154 Å². The lowest BCUT2D eigenvalue weighted by Gasteiger charge is -2.17. The Bertz CT molecular complexity index is 925. The first-order valence-electron chi connectivity index (χ1n) is 8.07. The third kappa shape index (κ3) is 4.44. The van der Waals surface area contributed by atoms with Gasteiger partial charge in [-0.05, 0) is 42.5 Å². The van der Waals surface area contributed by atoms with Crippen molar-refractivity contribution in [1.29, 1.82) is 0 Å². The number of hydrogen-bond acceptors (Lipinski definition) is 3. The number of para-hydroxylation sites is 1. The second-order valence-electron chi connectivity index (χ2n) is 5.86. The molecule has 2 aromatic carbocycles. The van der Waals surface area contributed by atoms with E-state index < -0.39 is 11.7 Å². The first-order chi connectivity index (χ1) is 12.8. The molecule has 27 heavy (non-hydrogen) atoms. The van der Waals surface area contributed by atoms with Gasteiger partial charge in [0.25, 0.3) is 5.91 Å². The van der Waals surface area contributed by atoms with Crippen molar-refractivity contribution in [3.8, 4) is 0 Å². The number of carbonyl (C=O) groups excluding carboxylic acids is 1. The van der Waals surface area contributed by atoms with Gasteiger partial charge in [0.15, 0.2) is 0 Å². The van der Waals surface area contributed by atoms with Crippen LogP contribution in [-0.2, 0) is 6.18 Å². The monoisotopic (exact) mass is 371 g/mol. The van der Waals surface area contributed by atoms with E-state index in [1.165, 1.54) is 29.4 Å². The standard InChI is InChI=1S/C20H16F3N3O/c1-26(18-5-3-2-4-6-18)19(27)14-11-17(13-24-12-14)25-16-9-7-15(8-10-16)20(21,22)23/h2-13,25H,1H3. The smallest absolute Gasteiger partial charge is 0.354 e. The van der Waals surface area contributed by atoms with Crippen molar-refractivity contribution >= 4 is 23.0 Å². The summed E-state index contributed by atoms with van der Waals surface area (Å²) in [5, 5.41) is 2.96. The third-order valence-electron chi connectivity index (χ3n) is 3.93. The summed E-state index contributed by atoms with van der Waals surface area (Å²) in [5.41, 5.74) is 1.34. The molecule has 0 radical (unpaired) electrons. The first-order valence-corrected chi connectivity index (χ1v) is 8.07. The molecule has 1 amide bonds. The number of halogens is 3. The molecule has 4 nitrogen and oxygen atoms in total. The van der Waals surface area contributed by atoms with E-state index in [0.717, 1.165) is 17.8 Å². The lowest BCUT2D eigenvalue weighted by Crippen LogP contribution is -2.26. The van der Waals surface area contributed by atoms with E-state index in [1.807, 2.05) is 30.3 Å². The Kier molecular flexibility index (Phi) is 5.12. The fourth-order valence-corrected chi connectivity index (χ4v) is 2.50. The third-order valence-corrected chi connectivity index (χ3v) is 3.93. The number of anilines is 3. The normalized spacial score (nSPS) is 11.1. The molecule has 1 heterocycles. The Balaban J connectivity index is 1.76. The molecule has 0 bridgehead atoms. The molecule has 0 saturated heterocycles. The van der Waals surface area contributed by atoms with Crippen molar-refractivity contribution in [3.63, 3.8) is 0 Å². The molecule has 1 N–H and O–H groups in total. The van der Waals surface area contributed by atoms with Crippen LogP contribution < -0.4 is 10.2 Å². The van der Waals surface area contributed by atoms with Crippen molar-refractivity contribution in [2.45, 2.75) is 6.18 Å². The maximum atomic E-state index is 12.6. The number of alkyl halides is 3. The van der Waals surface area contributed by atoms with Gasteiger partial charge in [-0.2, -0.15) is 13.2 Å². The van der Waals surface area contributed by atoms with Crippen LogP contribution in [0.1, 0.15) is 15.9 Å². The summed E-state index contributed by atoms with van der Waals surface area (Å²) >= 11 is 0. The first kappa shape index (κ1) is 18.4. The molecule has 3 rings (SSSR count). The predicted molar refractivity (Wildman–Crippen MR) is 98.1 cm³/mol. The van der Waals surface area contributed by atoms with E-state index in [1.54, 1.807) is 13.1 Å². The van der Waals surface area contributed by atoms with Crippen molar-refractivity contribution in [2.24, 2.45) is 0 Å². The van der Waals surface area contributed by atoms with Gasteiger partial charge in [0.05, 0.1) is 23.0 Å². The highest BCUT2D eigenvalue weighted by molar-refractivity contribution is 6.06. The molecule has 0 aliphatic rings. The van der Waals surface area contributed by atoms with Crippen LogP contribution in [-0.4, -0.2) is 17.9 Å². The van der Waals surface area contributed by atoms with Crippen LogP contribution in [0.2, 0.25) is 0 Å². The van der Waals surface area contributed by atoms with E-state index in [2.05, 4.69) is 10.3 Å². The molecule has 3 aromatic rings. The van der Waals surface area contributed by atoms with Crippen molar-refractivity contribution in [1.82, 2.24) is 4.98 Å². The fraction of sp³-hybridized carbons (Fsp3) is 0.100. The highest BCUT2D eigenvalue weighted by atomic mass is 19.4. The highest BCUT2D eigenvalue weighted by Gasteiger charge is 2.29. The van der Waals surface area contributed by atoms with Gasteiger partial charge >= 0.3 is 6.18 Å². The molecule has 0 aliphatic heterocycles. The number of amides is 1. The molecule has 0 fully saturated rings.